The standard InChI is InChI=1S/2C17H31NO5/c1-2-3-4-5-6-7-8-9-10-11-16(21)23-17(22)14(18)12-13-15(19)20;1-2-3-4-5-6-7-8-9-10-11-15(19)18-14(17(22)23)12-13-16(20)21/h14H,2-13,18H2,1H3,(H,19,20);14H,2-13H2,1H3,(H,18,19)(H,20,21)(H,22,23). The lowest BCUT2D eigenvalue weighted by Gasteiger charge is -2.13. The lowest BCUT2D eigenvalue weighted by Crippen LogP contribution is -2.41. The van der Waals surface area contributed by atoms with Gasteiger partial charge in [0.2, 0.25) is 5.91 Å². The van der Waals surface area contributed by atoms with Crippen LogP contribution in [-0.2, 0) is 33.5 Å². The van der Waals surface area contributed by atoms with E-state index in [0.717, 1.165) is 32.1 Å². The third kappa shape index (κ3) is 32.4. The Kier molecular flexibility index (Phi) is 31.3. The monoisotopic (exact) mass is 658 g/mol. The van der Waals surface area contributed by atoms with Crippen molar-refractivity contribution in [2.75, 3.05) is 0 Å². The number of amides is 1. The normalized spacial score (nSPS) is 11.9. The molecule has 12 heteroatoms. The van der Waals surface area contributed by atoms with Crippen LogP contribution in [0.25, 0.3) is 0 Å². The summed E-state index contributed by atoms with van der Waals surface area (Å²) in [6.45, 7) is 4.39. The van der Waals surface area contributed by atoms with Crippen LogP contribution in [-0.4, -0.2) is 63.2 Å². The molecule has 0 rings (SSSR count). The first-order valence-corrected chi connectivity index (χ1v) is 17.4. The highest BCUT2D eigenvalue weighted by molar-refractivity contribution is 5.88. The summed E-state index contributed by atoms with van der Waals surface area (Å²) >= 11 is 0. The highest BCUT2D eigenvalue weighted by Crippen LogP contribution is 2.12. The molecular formula is C34H62N2O10. The van der Waals surface area contributed by atoms with Crippen LogP contribution >= 0.6 is 0 Å². The maximum Gasteiger partial charge on any atom is 0.330 e. The zero-order valence-electron chi connectivity index (χ0n) is 28.4. The average Bonchev–Trinajstić information content (AvgIpc) is 3.00. The summed E-state index contributed by atoms with van der Waals surface area (Å²) in [5.74, 6) is -5.02. The van der Waals surface area contributed by atoms with Crippen LogP contribution in [0.5, 0.6) is 0 Å². The number of carboxylic acids is 3. The molecule has 0 aliphatic heterocycles. The van der Waals surface area contributed by atoms with Crippen LogP contribution < -0.4 is 11.1 Å². The molecule has 2 unspecified atom stereocenters. The van der Waals surface area contributed by atoms with Crippen LogP contribution in [0.3, 0.4) is 0 Å². The summed E-state index contributed by atoms with van der Waals surface area (Å²) in [5.41, 5.74) is 5.47. The summed E-state index contributed by atoms with van der Waals surface area (Å²) in [7, 11) is 0. The van der Waals surface area contributed by atoms with Crippen molar-refractivity contribution in [1.29, 1.82) is 0 Å². The van der Waals surface area contributed by atoms with Gasteiger partial charge in [0.1, 0.15) is 12.1 Å². The van der Waals surface area contributed by atoms with Crippen LogP contribution in [0.2, 0.25) is 0 Å². The first-order chi connectivity index (χ1) is 21.9. The number of carboxylic acid groups (broad SMARTS) is 3. The third-order valence-electron chi connectivity index (χ3n) is 7.46. The first-order valence-electron chi connectivity index (χ1n) is 17.4. The molecule has 0 bridgehead atoms. The number of unbranched alkanes of at least 4 members (excludes halogenated alkanes) is 16. The van der Waals surface area contributed by atoms with Crippen molar-refractivity contribution in [3.05, 3.63) is 0 Å². The molecule has 1 amide bonds. The van der Waals surface area contributed by atoms with Gasteiger partial charge in [0, 0.05) is 25.7 Å². The van der Waals surface area contributed by atoms with E-state index in [1.807, 2.05) is 0 Å². The van der Waals surface area contributed by atoms with Crippen molar-refractivity contribution < 1.29 is 48.8 Å². The maximum absolute atomic E-state index is 11.7. The Bertz CT molecular complexity index is 850. The molecule has 46 heavy (non-hydrogen) atoms. The lowest BCUT2D eigenvalue weighted by molar-refractivity contribution is -0.161. The van der Waals surface area contributed by atoms with Gasteiger partial charge in [-0.05, 0) is 25.7 Å². The Morgan fingerprint density at radius 3 is 1.37 bits per heavy atom. The number of carbonyl (C=O) groups excluding carboxylic acids is 3. The highest BCUT2D eigenvalue weighted by Gasteiger charge is 2.21. The molecule has 0 fully saturated rings. The van der Waals surface area contributed by atoms with Gasteiger partial charge < -0.3 is 31.1 Å². The molecule has 6 N–H and O–H groups in total. The summed E-state index contributed by atoms with van der Waals surface area (Å²) in [4.78, 5) is 66.4. The Morgan fingerprint density at radius 1 is 0.565 bits per heavy atom. The maximum atomic E-state index is 11.7. The van der Waals surface area contributed by atoms with Crippen LogP contribution in [0.4, 0.5) is 0 Å². The molecule has 268 valence electrons. The molecule has 2 atom stereocenters. The van der Waals surface area contributed by atoms with Gasteiger partial charge in [-0.2, -0.15) is 0 Å². The zero-order valence-corrected chi connectivity index (χ0v) is 28.4. The number of ether oxygens (including phenoxy) is 1. The molecule has 0 aliphatic carbocycles. The highest BCUT2D eigenvalue weighted by atomic mass is 16.6. The average molecular weight is 659 g/mol. The van der Waals surface area contributed by atoms with Crippen molar-refractivity contribution in [1.82, 2.24) is 5.32 Å². The van der Waals surface area contributed by atoms with E-state index in [0.29, 0.717) is 12.8 Å². The lowest BCUT2D eigenvalue weighted by atomic mass is 10.1. The van der Waals surface area contributed by atoms with E-state index in [2.05, 4.69) is 23.9 Å². The van der Waals surface area contributed by atoms with E-state index in [1.165, 1.54) is 77.0 Å². The van der Waals surface area contributed by atoms with Gasteiger partial charge in [-0.3, -0.25) is 19.2 Å². The number of rotatable bonds is 29. The molecule has 0 radical (unpaired) electrons. The predicted molar refractivity (Wildman–Crippen MR) is 176 cm³/mol. The fraction of sp³-hybridized carbons (Fsp3) is 0.824. The van der Waals surface area contributed by atoms with Crippen LogP contribution in [0.15, 0.2) is 0 Å². The van der Waals surface area contributed by atoms with Gasteiger partial charge in [0.25, 0.3) is 0 Å². The van der Waals surface area contributed by atoms with E-state index >= 15 is 0 Å². The van der Waals surface area contributed by atoms with Gasteiger partial charge in [-0.25, -0.2) is 9.59 Å². The minimum atomic E-state index is -1.19. The zero-order chi connectivity index (χ0) is 35.0. The second kappa shape index (κ2) is 31.9. The first kappa shape index (κ1) is 45.1. The Morgan fingerprint density at radius 2 is 0.957 bits per heavy atom. The minimum Gasteiger partial charge on any atom is -0.481 e. The minimum absolute atomic E-state index is 0.0283. The largest absolute Gasteiger partial charge is 0.481 e. The van der Waals surface area contributed by atoms with E-state index < -0.39 is 41.9 Å². The SMILES string of the molecule is CCCCCCCCCCCC(=O)NC(CCC(=O)O)C(=O)O.CCCCCCCCCCCC(=O)OC(=O)C(N)CCC(=O)O. The molecule has 0 heterocycles. The van der Waals surface area contributed by atoms with Gasteiger partial charge >= 0.3 is 29.8 Å². The molecular weight excluding hydrogens is 596 g/mol. The van der Waals surface area contributed by atoms with Crippen molar-refractivity contribution in [3.8, 4) is 0 Å². The second-order valence-corrected chi connectivity index (χ2v) is 11.9. The molecule has 0 saturated carbocycles. The van der Waals surface area contributed by atoms with E-state index in [1.54, 1.807) is 0 Å². The number of hydrogen-bond donors (Lipinski definition) is 5. The molecule has 0 aromatic rings. The van der Waals surface area contributed by atoms with Crippen molar-refractivity contribution in [2.45, 2.75) is 180 Å². The van der Waals surface area contributed by atoms with Crippen LogP contribution in [0.1, 0.15) is 168 Å². The molecule has 0 spiro atoms. The molecule has 0 aliphatic rings. The summed E-state index contributed by atoms with van der Waals surface area (Å²) in [6, 6.07) is -2.17. The summed E-state index contributed by atoms with van der Waals surface area (Å²) in [6.07, 6.45) is 20.5. The van der Waals surface area contributed by atoms with Crippen LogP contribution in [0, 0.1) is 0 Å². The molecule has 0 aromatic heterocycles. The number of nitrogens with two attached hydrogens (primary N) is 1. The number of nitrogens with one attached hydrogen (secondary N) is 1. The number of esters is 2. The van der Waals surface area contributed by atoms with Crippen molar-refractivity contribution in [2.24, 2.45) is 5.73 Å². The van der Waals surface area contributed by atoms with E-state index in [-0.39, 0.29) is 38.0 Å². The smallest absolute Gasteiger partial charge is 0.330 e. The second-order valence-electron chi connectivity index (χ2n) is 11.9. The fourth-order valence-corrected chi connectivity index (χ4v) is 4.60. The predicted octanol–water partition coefficient (Wildman–Crippen LogP) is 6.51. The Hall–Kier alpha value is -3.02. The summed E-state index contributed by atoms with van der Waals surface area (Å²) < 4.78 is 4.62. The van der Waals surface area contributed by atoms with Gasteiger partial charge in [0.15, 0.2) is 0 Å². The molecule has 12 nitrogen and oxygen atoms in total. The van der Waals surface area contributed by atoms with Gasteiger partial charge in [-0.1, -0.05) is 117 Å². The topological polar surface area (TPSA) is 210 Å². The number of aliphatic carboxylic acids is 3. The number of hydrogen-bond acceptors (Lipinski definition) is 8. The number of carbonyl (C=O) groups is 6. The van der Waals surface area contributed by atoms with Gasteiger partial charge in [-0.15, -0.1) is 0 Å². The quantitative estimate of drug-likeness (QED) is 0.0332. The summed E-state index contributed by atoms with van der Waals surface area (Å²) in [5, 5.41) is 28.4. The fourth-order valence-electron chi connectivity index (χ4n) is 4.60. The van der Waals surface area contributed by atoms with E-state index in [9.17, 15) is 28.8 Å². The van der Waals surface area contributed by atoms with E-state index in [4.69, 9.17) is 21.1 Å². The Labute approximate surface area is 275 Å². The van der Waals surface area contributed by atoms with Crippen molar-refractivity contribution in [3.63, 3.8) is 0 Å². The Balaban J connectivity index is 0. The molecule has 0 aromatic carbocycles. The van der Waals surface area contributed by atoms with Gasteiger partial charge in [0.05, 0.1) is 0 Å². The van der Waals surface area contributed by atoms with Crippen molar-refractivity contribution >= 4 is 35.8 Å². The molecule has 0 saturated heterocycles. The third-order valence-corrected chi connectivity index (χ3v) is 7.46.